The molecule has 1 amide bonds. The molecule has 14 nitrogen and oxygen atoms in total. The van der Waals surface area contributed by atoms with Gasteiger partial charge in [-0.2, -0.15) is 0 Å². The van der Waals surface area contributed by atoms with Gasteiger partial charge in [-0.1, -0.05) is 284 Å². The Labute approximate surface area is 544 Å². The molecule has 1 aliphatic rings. The first-order valence-electron chi connectivity index (χ1n) is 35.6. The van der Waals surface area contributed by atoms with Gasteiger partial charge >= 0.3 is 19.8 Å². The van der Waals surface area contributed by atoms with E-state index in [2.05, 4.69) is 79.6 Å². The third kappa shape index (κ3) is 37.4. The first-order valence-corrected chi connectivity index (χ1v) is 43.7. The van der Waals surface area contributed by atoms with Crippen molar-refractivity contribution in [3.05, 3.63) is 60.7 Å². The van der Waals surface area contributed by atoms with Crippen molar-refractivity contribution in [3.8, 4) is 11.5 Å². The Morgan fingerprint density at radius 3 is 1.45 bits per heavy atom. The number of amides is 1. The molecule has 0 aliphatic carbocycles. The Hall–Kier alpha value is -3.09. The summed E-state index contributed by atoms with van der Waals surface area (Å²) in [6, 6.07) is 16.8. The number of esters is 2. The summed E-state index contributed by atoms with van der Waals surface area (Å²) >= 11 is 0. The third-order valence-electron chi connectivity index (χ3n) is 17.5. The lowest BCUT2D eigenvalue weighted by Gasteiger charge is -2.46. The van der Waals surface area contributed by atoms with Crippen molar-refractivity contribution in [2.24, 2.45) is 0 Å². The maximum atomic E-state index is 15.7. The van der Waals surface area contributed by atoms with Crippen LogP contribution in [0.5, 0.6) is 11.5 Å². The van der Waals surface area contributed by atoms with E-state index in [9.17, 15) is 9.59 Å². The second-order valence-electron chi connectivity index (χ2n) is 28.0. The van der Waals surface area contributed by atoms with E-state index < -0.39 is 72.9 Å². The van der Waals surface area contributed by atoms with Gasteiger partial charge in [0.1, 0.15) is 36.5 Å². The molecule has 1 heterocycles. The first kappa shape index (κ1) is 80.2. The fraction of sp³-hybridized carbons (Fsp3) is 0.792. The van der Waals surface area contributed by atoms with Crippen LogP contribution in [0.25, 0.3) is 0 Å². The molecule has 0 radical (unpaired) electrons. The van der Waals surface area contributed by atoms with E-state index in [1.807, 2.05) is 12.1 Å². The van der Waals surface area contributed by atoms with Gasteiger partial charge in [0.25, 0.3) is 0 Å². The Morgan fingerprint density at radius 2 is 1.00 bits per heavy atom. The minimum absolute atomic E-state index is 0.0153. The molecule has 1 fully saturated rings. The number of rotatable bonds is 54. The molecule has 2 aromatic carbocycles. The van der Waals surface area contributed by atoms with Crippen LogP contribution in [0.2, 0.25) is 43.8 Å². The largest absolute Gasteiger partial charge is 0.588 e. The van der Waals surface area contributed by atoms with Crippen LogP contribution in [-0.2, 0) is 51.6 Å². The number of para-hydroxylation sites is 2. The molecule has 0 spiro atoms. The van der Waals surface area contributed by atoms with Crippen molar-refractivity contribution < 1.29 is 60.6 Å². The highest BCUT2D eigenvalue weighted by molar-refractivity contribution is 7.49. The molecule has 0 aromatic heterocycles. The van der Waals surface area contributed by atoms with Crippen LogP contribution in [0.4, 0.5) is 0 Å². The smallest absolute Gasteiger partial charge is 0.457 e. The van der Waals surface area contributed by atoms with Crippen LogP contribution < -0.4 is 14.4 Å². The van der Waals surface area contributed by atoms with E-state index in [1.165, 1.54) is 122 Å². The monoisotopic (exact) mass is 1300 g/mol. The molecule has 17 heteroatoms. The Morgan fingerprint density at radius 1 is 0.562 bits per heavy atom. The topological polar surface area (TPSA) is 163 Å². The lowest BCUT2D eigenvalue weighted by atomic mass is 9.96. The van der Waals surface area contributed by atoms with Gasteiger partial charge in [0.05, 0.1) is 19.1 Å². The van der Waals surface area contributed by atoms with E-state index in [0.717, 1.165) is 70.3 Å². The second-order valence-corrected chi connectivity index (χ2v) is 39.9. The fourth-order valence-electron chi connectivity index (χ4n) is 10.7. The van der Waals surface area contributed by atoms with Crippen LogP contribution in [0.1, 0.15) is 266 Å². The maximum absolute atomic E-state index is 15.7. The average Bonchev–Trinajstić information content (AvgIpc) is 1.84. The Balaban J connectivity index is 2.12. The number of carbonyl (C=O) groups excluding carboxylic acids is 3. The summed E-state index contributed by atoms with van der Waals surface area (Å²) in [4.78, 5) is 44.0. The van der Waals surface area contributed by atoms with Gasteiger partial charge < -0.3 is 42.5 Å². The Kier molecular flexibility index (Phi) is 42.2. The van der Waals surface area contributed by atoms with Crippen molar-refractivity contribution in [1.82, 2.24) is 5.32 Å². The summed E-state index contributed by atoms with van der Waals surface area (Å²) in [7, 11) is -8.78. The quantitative estimate of drug-likeness (QED) is 0.0219. The van der Waals surface area contributed by atoms with E-state index in [1.54, 1.807) is 48.5 Å². The van der Waals surface area contributed by atoms with Crippen molar-refractivity contribution in [1.29, 1.82) is 0 Å². The lowest BCUT2D eigenvalue weighted by Crippen LogP contribution is -2.67. The van der Waals surface area contributed by atoms with Crippen LogP contribution in [0.15, 0.2) is 60.7 Å². The zero-order chi connectivity index (χ0) is 65.1. The number of hydrogen-bond donors (Lipinski definition) is 1. The summed E-state index contributed by atoms with van der Waals surface area (Å²) < 4.78 is 74.5. The minimum Gasteiger partial charge on any atom is -0.457 e. The van der Waals surface area contributed by atoms with E-state index >= 15 is 9.36 Å². The molecule has 1 aliphatic heterocycles. The number of ether oxygens (including phenoxy) is 5. The number of nitrogens with one attached hydrogen (secondary N) is 1. The molecule has 0 saturated carbocycles. The number of benzene rings is 2. The standard InChI is InChI=1S/C72H128NO13PSi2/c1-12-15-18-21-24-27-29-32-35-38-47-54-65(74)73-68-70(82-67(76)58-63(79-60-78-56-57-88(7,8)9)53-42-37-34-31-26-23-20-17-14-3)69(86-87(77,84-61-49-43-40-44-50-61)85-62-51-45-41-46-52-62)64(59-80-89(10,11)72(4,5)6)81-71(68)83-66(75)55-48-39-36-33-30-28-25-22-19-16-13-2/h40-41,43-46,49-52,63-64,68-71H,12-39,42,47-48,53-60H2,1-11H3,(H,73,74)/t63-,64-,68-,69-,70-,71-/m1/s1. The van der Waals surface area contributed by atoms with Crippen molar-refractivity contribution >= 4 is 42.1 Å². The van der Waals surface area contributed by atoms with Crippen molar-refractivity contribution in [2.75, 3.05) is 20.0 Å². The molecule has 0 unspecified atom stereocenters. The molecule has 1 saturated heterocycles. The molecule has 89 heavy (non-hydrogen) atoms. The average molecular weight is 1300 g/mol. The first-order chi connectivity index (χ1) is 42.7. The van der Waals surface area contributed by atoms with Gasteiger partial charge in [0, 0.05) is 27.5 Å². The maximum Gasteiger partial charge on any atom is 0.588 e. The normalized spacial score (nSPS) is 17.7. The zero-order valence-corrected chi connectivity index (χ0v) is 61.0. The lowest BCUT2D eigenvalue weighted by molar-refractivity contribution is -0.264. The summed E-state index contributed by atoms with van der Waals surface area (Å²) in [5.41, 5.74) is 0. The van der Waals surface area contributed by atoms with E-state index in [4.69, 9.17) is 41.7 Å². The van der Waals surface area contributed by atoms with Crippen molar-refractivity contribution in [2.45, 2.75) is 347 Å². The Bertz CT molecular complexity index is 2120. The summed E-state index contributed by atoms with van der Waals surface area (Å²) in [6.45, 7) is 24.6. The minimum atomic E-state index is -4.80. The van der Waals surface area contributed by atoms with Gasteiger partial charge in [-0.05, 0) is 67.7 Å². The van der Waals surface area contributed by atoms with Crippen molar-refractivity contribution in [3.63, 3.8) is 0 Å². The predicted molar refractivity (Wildman–Crippen MR) is 369 cm³/mol. The number of phosphoric ester groups is 1. The van der Waals surface area contributed by atoms with Crippen LogP contribution in [0, 0.1) is 0 Å². The highest BCUT2D eigenvalue weighted by Crippen LogP contribution is 2.53. The van der Waals surface area contributed by atoms with E-state index in [-0.39, 0.29) is 55.1 Å². The molecule has 2 aromatic rings. The van der Waals surface area contributed by atoms with Gasteiger partial charge in [-0.15, -0.1) is 0 Å². The SMILES string of the molecule is CCCCCCCCCCCCCC(=O)N[C@H]1[C@@H](OC(=O)CCCCCCCCCCCCC)O[C@H](CO[Si](C)(C)C(C)(C)C)[C@@H](OP(=O)(Oc2ccccc2)Oc2ccccc2)[C@@H]1OC(=O)C[C@@H](CCCCCCCCCCC)OCOCC[Si](C)(C)C. The summed E-state index contributed by atoms with van der Waals surface area (Å²) in [5.74, 6) is -1.13. The van der Waals surface area contributed by atoms with Gasteiger partial charge in [0.2, 0.25) is 12.2 Å². The second kappa shape index (κ2) is 46.9. The highest BCUT2D eigenvalue weighted by Gasteiger charge is 2.55. The van der Waals surface area contributed by atoms with Crippen LogP contribution in [0.3, 0.4) is 0 Å². The predicted octanol–water partition coefficient (Wildman–Crippen LogP) is 20.7. The third-order valence-corrected chi connectivity index (χ3v) is 25.1. The number of carbonyl (C=O) groups is 3. The molecule has 3 rings (SSSR count). The molecule has 0 bridgehead atoms. The highest BCUT2D eigenvalue weighted by atomic mass is 31.2. The zero-order valence-electron chi connectivity index (χ0n) is 58.1. The molecule has 1 N–H and O–H groups in total. The molecular formula is C72H128NO13PSi2. The fourth-order valence-corrected chi connectivity index (χ4v) is 13.9. The summed E-state index contributed by atoms with van der Waals surface area (Å²) in [5, 5.41) is 2.89. The van der Waals surface area contributed by atoms with E-state index in [0.29, 0.717) is 25.9 Å². The molecule has 512 valence electrons. The van der Waals surface area contributed by atoms with Gasteiger partial charge in [-0.25, -0.2) is 4.57 Å². The van der Waals surface area contributed by atoms with Gasteiger partial charge in [0.15, 0.2) is 14.4 Å². The molecular weight excluding hydrogens is 1170 g/mol. The number of hydrogen-bond acceptors (Lipinski definition) is 13. The summed E-state index contributed by atoms with van der Waals surface area (Å²) in [6.07, 6.45) is 29.4. The van der Waals surface area contributed by atoms with Crippen LogP contribution in [-0.4, -0.2) is 91.0 Å². The molecule has 6 atom stereocenters. The number of phosphoric acid groups is 1. The van der Waals surface area contributed by atoms with Crippen LogP contribution >= 0.6 is 7.82 Å². The van der Waals surface area contributed by atoms with Gasteiger partial charge in [-0.3, -0.25) is 18.9 Å². The number of unbranched alkanes of at least 4 members (excludes halogenated alkanes) is 28.